The number of carbonyl (C=O) groups excluding carboxylic acids is 1. The fraction of sp³-hybridized carbons (Fsp3) is 0.517. The number of likely N-dealkylation sites (tertiary alicyclic amines) is 1. The quantitative estimate of drug-likeness (QED) is 0.369. The molecule has 0 aromatic heterocycles. The first kappa shape index (κ1) is 29.8. The number of nitrogens with one attached hydrogen (secondary N) is 1. The number of rotatable bonds is 9. The maximum absolute atomic E-state index is 14.1. The van der Waals surface area contributed by atoms with Crippen LogP contribution in [-0.2, 0) is 19.6 Å². The molecule has 1 heterocycles. The van der Waals surface area contributed by atoms with Crippen LogP contribution >= 0.6 is 23.2 Å². The van der Waals surface area contributed by atoms with Gasteiger partial charge in [0.15, 0.2) is 0 Å². The third kappa shape index (κ3) is 6.96. The molecule has 1 aliphatic heterocycles. The highest BCUT2D eigenvalue weighted by atomic mass is 35.5. The molecule has 0 bridgehead atoms. The number of carboxylic acid groups (broad SMARTS) is 1. The molecule has 2 aromatic carbocycles. The smallest absolute Gasteiger partial charge is 0.304 e. The van der Waals surface area contributed by atoms with E-state index in [-0.39, 0.29) is 24.2 Å². The molecular formula is C29H36Cl2N2O5S. The standard InChI is InChI=1S/C29H36Cl2N2O5S/c1-28(2,3)32-39(37,38)24-15-20(24)12-13-33-26(18-8-10-21(30)11-9-18)23(19-6-5-7-22(31)14-19)16-29(4,27(33)36)17-25(34)35/h5-11,14,20,23-24,26,32H,12-13,15-17H2,1-4H3,(H,34,35). The zero-order chi connectivity index (χ0) is 28.8. The van der Waals surface area contributed by atoms with Crippen LogP contribution < -0.4 is 4.72 Å². The summed E-state index contributed by atoms with van der Waals surface area (Å²) in [6.45, 7) is 7.45. The van der Waals surface area contributed by atoms with Crippen molar-refractivity contribution in [1.82, 2.24) is 9.62 Å². The number of sulfonamides is 1. The van der Waals surface area contributed by atoms with E-state index in [1.54, 1.807) is 30.0 Å². The second-order valence-electron chi connectivity index (χ2n) is 12.2. The molecule has 2 aliphatic rings. The first-order valence-corrected chi connectivity index (χ1v) is 15.5. The Kier molecular flexibility index (Phi) is 8.44. The zero-order valence-corrected chi connectivity index (χ0v) is 25.0. The van der Waals surface area contributed by atoms with Crippen LogP contribution in [0.3, 0.4) is 0 Å². The fourth-order valence-electron chi connectivity index (χ4n) is 5.92. The zero-order valence-electron chi connectivity index (χ0n) is 22.7. The maximum atomic E-state index is 14.1. The number of hydrogen-bond donors (Lipinski definition) is 2. The van der Waals surface area contributed by atoms with Gasteiger partial charge in [-0.15, -0.1) is 0 Å². The predicted molar refractivity (Wildman–Crippen MR) is 153 cm³/mol. The molecule has 5 unspecified atom stereocenters. The highest BCUT2D eigenvalue weighted by molar-refractivity contribution is 7.90. The van der Waals surface area contributed by atoms with Gasteiger partial charge in [0, 0.05) is 28.0 Å². The molecule has 10 heteroatoms. The van der Waals surface area contributed by atoms with Crippen LogP contribution in [0, 0.1) is 11.3 Å². The van der Waals surface area contributed by atoms with E-state index < -0.39 is 38.2 Å². The molecule has 212 valence electrons. The molecule has 1 saturated carbocycles. The second-order valence-corrected chi connectivity index (χ2v) is 15.0. The van der Waals surface area contributed by atoms with E-state index in [9.17, 15) is 23.1 Å². The van der Waals surface area contributed by atoms with Crippen LogP contribution in [-0.4, -0.2) is 47.6 Å². The van der Waals surface area contributed by atoms with E-state index >= 15 is 0 Å². The first-order valence-electron chi connectivity index (χ1n) is 13.2. The van der Waals surface area contributed by atoms with Gasteiger partial charge in [0.1, 0.15) is 0 Å². The Labute approximate surface area is 240 Å². The third-order valence-corrected chi connectivity index (χ3v) is 10.4. The van der Waals surface area contributed by atoms with Crippen molar-refractivity contribution in [2.24, 2.45) is 11.3 Å². The molecule has 2 N–H and O–H groups in total. The van der Waals surface area contributed by atoms with Crippen LogP contribution in [0.4, 0.5) is 0 Å². The molecule has 2 aromatic rings. The number of nitrogens with zero attached hydrogens (tertiary/aromatic N) is 1. The Morgan fingerprint density at radius 3 is 2.36 bits per heavy atom. The minimum atomic E-state index is -3.49. The van der Waals surface area contributed by atoms with Crippen molar-refractivity contribution >= 4 is 45.1 Å². The topological polar surface area (TPSA) is 104 Å². The van der Waals surface area contributed by atoms with E-state index in [0.29, 0.717) is 35.9 Å². The summed E-state index contributed by atoms with van der Waals surface area (Å²) in [5.74, 6) is -1.59. The van der Waals surface area contributed by atoms with E-state index in [0.717, 1.165) is 11.1 Å². The van der Waals surface area contributed by atoms with Crippen LogP contribution in [0.15, 0.2) is 48.5 Å². The van der Waals surface area contributed by atoms with Gasteiger partial charge in [-0.05, 0) is 81.3 Å². The van der Waals surface area contributed by atoms with Crippen molar-refractivity contribution in [3.05, 3.63) is 69.7 Å². The number of benzene rings is 2. The van der Waals surface area contributed by atoms with Gasteiger partial charge < -0.3 is 10.0 Å². The van der Waals surface area contributed by atoms with Crippen LogP contribution in [0.2, 0.25) is 10.0 Å². The fourth-order valence-corrected chi connectivity index (χ4v) is 8.39. The molecule has 1 amide bonds. The minimum Gasteiger partial charge on any atom is -0.481 e. The van der Waals surface area contributed by atoms with E-state index in [1.807, 2.05) is 51.1 Å². The van der Waals surface area contributed by atoms with Crippen molar-refractivity contribution in [2.45, 2.75) is 76.1 Å². The van der Waals surface area contributed by atoms with Crippen LogP contribution in [0.25, 0.3) is 0 Å². The van der Waals surface area contributed by atoms with E-state index in [1.165, 1.54) is 0 Å². The molecular weight excluding hydrogens is 559 g/mol. The van der Waals surface area contributed by atoms with Gasteiger partial charge in [0.25, 0.3) is 0 Å². The Hall–Kier alpha value is -2.13. The number of carbonyl (C=O) groups is 2. The number of piperidine rings is 1. The molecule has 39 heavy (non-hydrogen) atoms. The van der Waals surface area contributed by atoms with Crippen LogP contribution in [0.5, 0.6) is 0 Å². The van der Waals surface area contributed by atoms with Gasteiger partial charge >= 0.3 is 5.97 Å². The summed E-state index contributed by atoms with van der Waals surface area (Å²) in [5, 5.41) is 10.3. The van der Waals surface area contributed by atoms with Gasteiger partial charge in [-0.2, -0.15) is 0 Å². The average molecular weight is 596 g/mol. The maximum Gasteiger partial charge on any atom is 0.304 e. The van der Waals surface area contributed by atoms with Crippen molar-refractivity contribution in [1.29, 1.82) is 0 Å². The lowest BCUT2D eigenvalue weighted by Gasteiger charge is -2.49. The summed E-state index contributed by atoms with van der Waals surface area (Å²) in [7, 11) is -3.49. The highest BCUT2D eigenvalue weighted by Gasteiger charge is 2.52. The number of amides is 1. The van der Waals surface area contributed by atoms with Crippen molar-refractivity contribution in [3.63, 3.8) is 0 Å². The Bertz CT molecular complexity index is 1340. The molecule has 1 aliphatic carbocycles. The molecule has 7 nitrogen and oxygen atoms in total. The number of aliphatic carboxylic acids is 1. The molecule has 0 radical (unpaired) electrons. The first-order chi connectivity index (χ1) is 18.1. The number of carboxylic acids is 1. The molecule has 1 saturated heterocycles. The lowest BCUT2D eigenvalue weighted by molar-refractivity contribution is -0.157. The Balaban J connectivity index is 1.69. The van der Waals surface area contributed by atoms with Crippen molar-refractivity contribution < 1.29 is 23.1 Å². The second kappa shape index (κ2) is 11.0. The predicted octanol–water partition coefficient (Wildman–Crippen LogP) is 6.03. The number of hydrogen-bond acceptors (Lipinski definition) is 4. The normalized spacial score (nSPS) is 27.4. The summed E-state index contributed by atoms with van der Waals surface area (Å²) >= 11 is 12.5. The van der Waals surface area contributed by atoms with Crippen molar-refractivity contribution in [3.8, 4) is 0 Å². The summed E-state index contributed by atoms with van der Waals surface area (Å²) in [5.41, 5.74) is 0.0873. The van der Waals surface area contributed by atoms with Gasteiger partial charge in [-0.25, -0.2) is 13.1 Å². The monoisotopic (exact) mass is 594 g/mol. The Morgan fingerprint density at radius 1 is 1.10 bits per heavy atom. The lowest BCUT2D eigenvalue weighted by atomic mass is 9.67. The lowest BCUT2D eigenvalue weighted by Crippen LogP contribution is -2.53. The molecule has 0 spiro atoms. The van der Waals surface area contributed by atoms with Gasteiger partial charge in [0.05, 0.1) is 23.1 Å². The SMILES string of the molecule is CC(C)(C)NS(=O)(=O)C1CC1CCN1C(=O)C(C)(CC(=O)O)CC(c2cccc(Cl)c2)C1c1ccc(Cl)cc1. The Morgan fingerprint density at radius 2 is 1.77 bits per heavy atom. The van der Waals surface area contributed by atoms with E-state index in [2.05, 4.69) is 4.72 Å². The third-order valence-electron chi connectivity index (χ3n) is 7.64. The average Bonchev–Trinajstić information content (AvgIpc) is 3.59. The molecule has 4 rings (SSSR count). The minimum absolute atomic E-state index is 0.0826. The summed E-state index contributed by atoms with van der Waals surface area (Å²) in [6.07, 6.45) is 1.06. The van der Waals surface area contributed by atoms with Gasteiger partial charge in [-0.1, -0.05) is 54.4 Å². The van der Waals surface area contributed by atoms with Crippen molar-refractivity contribution in [2.75, 3.05) is 6.54 Å². The van der Waals surface area contributed by atoms with E-state index in [4.69, 9.17) is 23.2 Å². The summed E-state index contributed by atoms with van der Waals surface area (Å²) in [6, 6.07) is 14.4. The highest BCUT2D eigenvalue weighted by Crippen LogP contribution is 2.52. The molecule has 5 atom stereocenters. The summed E-state index contributed by atoms with van der Waals surface area (Å²) < 4.78 is 28.5. The summed E-state index contributed by atoms with van der Waals surface area (Å²) in [4.78, 5) is 27.7. The number of halogens is 2. The van der Waals surface area contributed by atoms with Gasteiger partial charge in [0.2, 0.25) is 15.9 Å². The molecule has 2 fully saturated rings. The van der Waals surface area contributed by atoms with Gasteiger partial charge in [-0.3, -0.25) is 9.59 Å². The van der Waals surface area contributed by atoms with Crippen LogP contribution in [0.1, 0.15) is 76.5 Å². The largest absolute Gasteiger partial charge is 0.481 e.